The number of nitrogens with two attached hydrogens (primary N) is 1. The largest absolute Gasteiger partial charge is 0.496 e. The monoisotopic (exact) mass is 262 g/mol. The van der Waals surface area contributed by atoms with Gasteiger partial charge in [0.25, 0.3) is 0 Å². The lowest BCUT2D eigenvalue weighted by molar-refractivity contribution is 0.396. The Bertz CT molecular complexity index is 411. The summed E-state index contributed by atoms with van der Waals surface area (Å²) < 4.78 is 5.47. The average Bonchev–Trinajstić information content (AvgIpc) is 2.90. The molecule has 106 valence electrons. The van der Waals surface area contributed by atoms with Crippen molar-refractivity contribution in [1.29, 1.82) is 0 Å². The molecule has 0 aromatic heterocycles. The summed E-state index contributed by atoms with van der Waals surface area (Å²) in [5.74, 6) is 2.13. The fraction of sp³-hybridized carbons (Fsp3) is 0.625. The third kappa shape index (κ3) is 3.48. The van der Waals surface area contributed by atoms with Crippen LogP contribution in [0.5, 0.6) is 5.75 Å². The second-order valence-electron chi connectivity index (χ2n) is 5.86. The zero-order valence-electron chi connectivity index (χ0n) is 12.3. The van der Waals surface area contributed by atoms with Crippen molar-refractivity contribution in [2.75, 3.05) is 20.2 Å². The molecule has 0 amide bonds. The molecule has 0 spiro atoms. The topological polar surface area (TPSA) is 47.3 Å². The van der Waals surface area contributed by atoms with E-state index in [9.17, 15) is 0 Å². The van der Waals surface area contributed by atoms with Crippen molar-refractivity contribution < 1.29 is 4.74 Å². The Hall–Kier alpha value is -1.06. The molecule has 2 rings (SSSR count). The molecule has 1 heterocycles. The number of rotatable bonds is 5. The molecule has 1 aliphatic heterocycles. The summed E-state index contributed by atoms with van der Waals surface area (Å²) in [7, 11) is 1.72. The maximum Gasteiger partial charge on any atom is 0.123 e. The summed E-state index contributed by atoms with van der Waals surface area (Å²) in [5.41, 5.74) is 8.90. The highest BCUT2D eigenvalue weighted by Crippen LogP contribution is 2.32. The maximum atomic E-state index is 6.41. The fourth-order valence-corrected chi connectivity index (χ4v) is 2.80. The van der Waals surface area contributed by atoms with Crippen LogP contribution in [0, 0.1) is 5.92 Å². The standard InChI is InChI=1S/C16H26N2O/c1-11(2)13-4-5-16(19-3)14(9-13)15(17)8-12-6-7-18-10-12/h4-5,9,11-12,15,18H,6-8,10,17H2,1-3H3. The molecule has 1 saturated heterocycles. The number of nitrogens with one attached hydrogen (secondary N) is 1. The molecule has 2 atom stereocenters. The van der Waals surface area contributed by atoms with Crippen LogP contribution in [0.4, 0.5) is 0 Å². The van der Waals surface area contributed by atoms with Crippen molar-refractivity contribution in [1.82, 2.24) is 5.32 Å². The molecular formula is C16H26N2O. The minimum atomic E-state index is 0.0681. The van der Waals surface area contributed by atoms with Crippen LogP contribution < -0.4 is 15.8 Å². The van der Waals surface area contributed by atoms with Crippen LogP contribution in [0.3, 0.4) is 0 Å². The highest BCUT2D eigenvalue weighted by atomic mass is 16.5. The zero-order chi connectivity index (χ0) is 13.8. The van der Waals surface area contributed by atoms with Gasteiger partial charge in [0.2, 0.25) is 0 Å². The lowest BCUT2D eigenvalue weighted by Gasteiger charge is -2.20. The minimum Gasteiger partial charge on any atom is -0.496 e. The van der Waals surface area contributed by atoms with E-state index in [4.69, 9.17) is 10.5 Å². The van der Waals surface area contributed by atoms with Gasteiger partial charge in [0, 0.05) is 11.6 Å². The highest BCUT2D eigenvalue weighted by Gasteiger charge is 2.21. The van der Waals surface area contributed by atoms with E-state index in [2.05, 4.69) is 37.4 Å². The Labute approximate surface area is 116 Å². The first-order chi connectivity index (χ1) is 9.11. The first-order valence-electron chi connectivity index (χ1n) is 7.26. The van der Waals surface area contributed by atoms with E-state index in [1.54, 1.807) is 7.11 Å². The van der Waals surface area contributed by atoms with Gasteiger partial charge in [-0.1, -0.05) is 26.0 Å². The van der Waals surface area contributed by atoms with E-state index < -0.39 is 0 Å². The molecule has 3 heteroatoms. The van der Waals surface area contributed by atoms with E-state index in [1.165, 1.54) is 12.0 Å². The number of methoxy groups -OCH3 is 1. The van der Waals surface area contributed by atoms with Crippen LogP contribution >= 0.6 is 0 Å². The smallest absolute Gasteiger partial charge is 0.123 e. The lowest BCUT2D eigenvalue weighted by atomic mass is 9.91. The van der Waals surface area contributed by atoms with Crippen molar-refractivity contribution >= 4 is 0 Å². The first-order valence-corrected chi connectivity index (χ1v) is 7.26. The van der Waals surface area contributed by atoms with Crippen LogP contribution in [-0.2, 0) is 0 Å². The number of hydrogen-bond acceptors (Lipinski definition) is 3. The zero-order valence-corrected chi connectivity index (χ0v) is 12.3. The van der Waals surface area contributed by atoms with E-state index in [1.807, 2.05) is 0 Å². The minimum absolute atomic E-state index is 0.0681. The predicted octanol–water partition coefficient (Wildman–Crippen LogP) is 2.82. The van der Waals surface area contributed by atoms with E-state index >= 15 is 0 Å². The van der Waals surface area contributed by atoms with E-state index in [-0.39, 0.29) is 6.04 Å². The molecule has 0 saturated carbocycles. The van der Waals surface area contributed by atoms with Crippen LogP contribution in [0.15, 0.2) is 18.2 Å². The van der Waals surface area contributed by atoms with Gasteiger partial charge >= 0.3 is 0 Å². The SMILES string of the molecule is COc1ccc(C(C)C)cc1C(N)CC1CCNC1. The van der Waals surface area contributed by atoms with Gasteiger partial charge < -0.3 is 15.8 Å². The van der Waals surface area contributed by atoms with E-state index in [0.717, 1.165) is 30.8 Å². The average molecular weight is 262 g/mol. The number of benzene rings is 1. The second kappa shape index (κ2) is 6.40. The van der Waals surface area contributed by atoms with Crippen LogP contribution in [0.25, 0.3) is 0 Å². The van der Waals surface area contributed by atoms with Crippen molar-refractivity contribution in [3.63, 3.8) is 0 Å². The molecule has 1 aliphatic rings. The molecular weight excluding hydrogens is 236 g/mol. The summed E-state index contributed by atoms with van der Waals surface area (Å²) in [6, 6.07) is 6.48. The van der Waals surface area contributed by atoms with E-state index in [0.29, 0.717) is 11.8 Å². The lowest BCUT2D eigenvalue weighted by Crippen LogP contribution is -2.18. The molecule has 1 aromatic rings. The van der Waals surface area contributed by atoms with Gasteiger partial charge in [-0.15, -0.1) is 0 Å². The van der Waals surface area contributed by atoms with Crippen LogP contribution in [0.2, 0.25) is 0 Å². The molecule has 0 aliphatic carbocycles. The van der Waals surface area contributed by atoms with Gasteiger partial charge in [0.15, 0.2) is 0 Å². The molecule has 19 heavy (non-hydrogen) atoms. The van der Waals surface area contributed by atoms with Crippen LogP contribution in [-0.4, -0.2) is 20.2 Å². The Kier molecular flexibility index (Phi) is 4.83. The first kappa shape index (κ1) is 14.4. The number of hydrogen-bond donors (Lipinski definition) is 2. The van der Waals surface area contributed by atoms with Gasteiger partial charge in [-0.25, -0.2) is 0 Å². The highest BCUT2D eigenvalue weighted by molar-refractivity contribution is 5.40. The third-order valence-corrected chi connectivity index (χ3v) is 4.07. The molecule has 3 N–H and O–H groups in total. The summed E-state index contributed by atoms with van der Waals surface area (Å²) in [5, 5.41) is 3.40. The van der Waals surface area contributed by atoms with Gasteiger partial charge in [-0.05, 0) is 49.4 Å². The molecule has 0 radical (unpaired) electrons. The van der Waals surface area contributed by atoms with Gasteiger partial charge in [-0.3, -0.25) is 0 Å². The van der Waals surface area contributed by atoms with Gasteiger partial charge in [0.1, 0.15) is 5.75 Å². The normalized spacial score (nSPS) is 20.8. The maximum absolute atomic E-state index is 6.41. The Morgan fingerprint density at radius 3 is 2.79 bits per heavy atom. The Morgan fingerprint density at radius 1 is 1.42 bits per heavy atom. The summed E-state index contributed by atoms with van der Waals surface area (Å²) >= 11 is 0. The fourth-order valence-electron chi connectivity index (χ4n) is 2.80. The van der Waals surface area contributed by atoms with Gasteiger partial charge in [0.05, 0.1) is 7.11 Å². The van der Waals surface area contributed by atoms with Crippen molar-refractivity contribution in [3.8, 4) is 5.75 Å². The molecule has 2 unspecified atom stereocenters. The molecule has 1 aromatic carbocycles. The second-order valence-corrected chi connectivity index (χ2v) is 5.86. The predicted molar refractivity (Wildman–Crippen MR) is 79.6 cm³/mol. The van der Waals surface area contributed by atoms with Crippen molar-refractivity contribution in [3.05, 3.63) is 29.3 Å². The number of ether oxygens (including phenoxy) is 1. The third-order valence-electron chi connectivity index (χ3n) is 4.07. The van der Waals surface area contributed by atoms with Crippen molar-refractivity contribution in [2.45, 2.75) is 38.6 Å². The molecule has 0 bridgehead atoms. The Balaban J connectivity index is 2.17. The molecule has 1 fully saturated rings. The Morgan fingerprint density at radius 2 is 2.21 bits per heavy atom. The summed E-state index contributed by atoms with van der Waals surface area (Å²) in [6.45, 7) is 6.64. The quantitative estimate of drug-likeness (QED) is 0.858. The van der Waals surface area contributed by atoms with Crippen molar-refractivity contribution in [2.24, 2.45) is 11.7 Å². The summed E-state index contributed by atoms with van der Waals surface area (Å²) in [6.07, 6.45) is 2.27. The van der Waals surface area contributed by atoms with Gasteiger partial charge in [-0.2, -0.15) is 0 Å². The summed E-state index contributed by atoms with van der Waals surface area (Å²) in [4.78, 5) is 0. The van der Waals surface area contributed by atoms with Crippen LogP contribution in [0.1, 0.15) is 49.8 Å². The molecule has 3 nitrogen and oxygen atoms in total.